The Kier molecular flexibility index (Phi) is 3.75. The number of aromatic nitrogens is 4. The molecule has 0 N–H and O–H groups in total. The fraction of sp³-hybridized carbons (Fsp3) is 0.286. The van der Waals surface area contributed by atoms with Crippen molar-refractivity contribution in [2.75, 3.05) is 5.88 Å². The van der Waals surface area contributed by atoms with Crippen LogP contribution in [-0.2, 0) is 13.5 Å². The summed E-state index contributed by atoms with van der Waals surface area (Å²) < 4.78 is 18.6. The second-order valence-electron chi connectivity index (χ2n) is 4.78. The first-order valence-corrected chi connectivity index (χ1v) is 7.78. The smallest absolute Gasteiger partial charge is 0.163 e. The van der Waals surface area contributed by atoms with Crippen molar-refractivity contribution in [1.82, 2.24) is 19.3 Å². The quantitative estimate of drug-likeness (QED) is 0.657. The summed E-state index contributed by atoms with van der Waals surface area (Å²) in [7, 11) is 1.83. The first-order valence-electron chi connectivity index (χ1n) is 6.45. The molecule has 1 aromatic carbocycles. The van der Waals surface area contributed by atoms with E-state index < -0.39 is 0 Å². The Labute approximate surface area is 134 Å². The van der Waals surface area contributed by atoms with Crippen LogP contribution in [-0.4, -0.2) is 25.2 Å². The molecule has 3 rings (SSSR count). The molecule has 0 atom stereocenters. The number of hydrogen-bond donors (Lipinski definition) is 0. The highest BCUT2D eigenvalue weighted by atomic mass is 79.9. The predicted molar refractivity (Wildman–Crippen MR) is 84.7 cm³/mol. The Hall–Kier alpha value is -1.40. The third-order valence-corrected chi connectivity index (χ3v) is 4.02. The van der Waals surface area contributed by atoms with E-state index >= 15 is 0 Å². The summed E-state index contributed by atoms with van der Waals surface area (Å²) in [6.07, 6.45) is 0.557. The van der Waals surface area contributed by atoms with Crippen molar-refractivity contribution in [1.29, 1.82) is 0 Å². The normalized spacial score (nSPS) is 11.5. The lowest BCUT2D eigenvalue weighted by Gasteiger charge is -2.10. The number of benzene rings is 1. The van der Waals surface area contributed by atoms with E-state index in [0.29, 0.717) is 18.0 Å². The molecular weight excluding hydrogens is 359 g/mol. The van der Waals surface area contributed by atoms with Crippen LogP contribution in [0.15, 0.2) is 22.7 Å². The minimum Gasteiger partial charge on any atom is -0.278 e. The Morgan fingerprint density at radius 1 is 1.38 bits per heavy atom. The molecule has 0 radical (unpaired) electrons. The minimum absolute atomic E-state index is 0.313. The van der Waals surface area contributed by atoms with Gasteiger partial charge in [-0.05, 0) is 25.1 Å². The molecule has 0 aliphatic rings. The third-order valence-electron chi connectivity index (χ3n) is 3.34. The van der Waals surface area contributed by atoms with E-state index in [0.717, 1.165) is 27.2 Å². The van der Waals surface area contributed by atoms with Gasteiger partial charge in [0.1, 0.15) is 17.2 Å². The van der Waals surface area contributed by atoms with Crippen LogP contribution < -0.4 is 0 Å². The molecule has 21 heavy (non-hydrogen) atoms. The number of hydrogen-bond acceptors (Lipinski definition) is 2. The lowest BCUT2D eigenvalue weighted by Crippen LogP contribution is -2.08. The molecule has 0 saturated carbocycles. The zero-order valence-electron chi connectivity index (χ0n) is 11.6. The van der Waals surface area contributed by atoms with E-state index in [1.54, 1.807) is 21.4 Å². The van der Waals surface area contributed by atoms with E-state index in [-0.39, 0.29) is 5.82 Å². The van der Waals surface area contributed by atoms with Crippen LogP contribution in [0.3, 0.4) is 0 Å². The van der Waals surface area contributed by atoms with Crippen molar-refractivity contribution in [2.24, 2.45) is 7.05 Å². The van der Waals surface area contributed by atoms with Gasteiger partial charge >= 0.3 is 0 Å². The summed E-state index contributed by atoms with van der Waals surface area (Å²) in [5.74, 6) is 0.839. The molecule has 3 aromatic rings. The fourth-order valence-electron chi connectivity index (χ4n) is 2.48. The molecule has 2 aromatic heterocycles. The molecule has 2 heterocycles. The first kappa shape index (κ1) is 14.5. The van der Waals surface area contributed by atoms with Crippen molar-refractivity contribution >= 4 is 38.7 Å². The zero-order valence-corrected chi connectivity index (χ0v) is 13.9. The number of nitrogens with zero attached hydrogens (tertiary/aromatic N) is 4. The molecule has 0 fully saturated rings. The Balaban J connectivity index is 2.38. The third kappa shape index (κ3) is 2.36. The second-order valence-corrected chi connectivity index (χ2v) is 6.07. The summed E-state index contributed by atoms with van der Waals surface area (Å²) in [4.78, 5) is 4.58. The SMILES string of the molecule is Cc1nn(C)c2c1nc(CCCl)n2-c1cc(Br)ccc1F. The van der Waals surface area contributed by atoms with Gasteiger partial charge in [-0.15, -0.1) is 11.6 Å². The van der Waals surface area contributed by atoms with Crippen molar-refractivity contribution in [3.05, 3.63) is 40.0 Å². The summed E-state index contributed by atoms with van der Waals surface area (Å²) >= 11 is 9.25. The van der Waals surface area contributed by atoms with Gasteiger partial charge in [0.05, 0.1) is 11.4 Å². The van der Waals surface area contributed by atoms with Crippen LogP contribution in [0, 0.1) is 12.7 Å². The highest BCUT2D eigenvalue weighted by molar-refractivity contribution is 9.10. The highest BCUT2D eigenvalue weighted by Crippen LogP contribution is 2.27. The van der Waals surface area contributed by atoms with Gasteiger partial charge in [0, 0.05) is 23.8 Å². The van der Waals surface area contributed by atoms with E-state index in [4.69, 9.17) is 11.6 Å². The van der Waals surface area contributed by atoms with Crippen LogP contribution in [0.2, 0.25) is 0 Å². The summed E-state index contributed by atoms with van der Waals surface area (Å²) in [6, 6.07) is 4.83. The van der Waals surface area contributed by atoms with Crippen LogP contribution >= 0.6 is 27.5 Å². The number of alkyl halides is 1. The lowest BCUT2D eigenvalue weighted by molar-refractivity contribution is 0.614. The number of aryl methyl sites for hydroxylation is 3. The largest absolute Gasteiger partial charge is 0.278 e. The van der Waals surface area contributed by atoms with Crippen molar-refractivity contribution in [2.45, 2.75) is 13.3 Å². The molecule has 4 nitrogen and oxygen atoms in total. The maximum atomic E-state index is 14.3. The van der Waals surface area contributed by atoms with Crippen molar-refractivity contribution in [3.8, 4) is 5.69 Å². The van der Waals surface area contributed by atoms with Crippen LogP contribution in [0.5, 0.6) is 0 Å². The first-order chi connectivity index (χ1) is 10.0. The van der Waals surface area contributed by atoms with Crippen LogP contribution in [0.4, 0.5) is 4.39 Å². The van der Waals surface area contributed by atoms with E-state index in [9.17, 15) is 4.39 Å². The van der Waals surface area contributed by atoms with Crippen LogP contribution in [0.1, 0.15) is 11.5 Å². The average molecular weight is 372 g/mol. The molecule has 0 unspecified atom stereocenters. The van der Waals surface area contributed by atoms with Crippen LogP contribution in [0.25, 0.3) is 16.9 Å². The van der Waals surface area contributed by atoms with Crippen molar-refractivity contribution < 1.29 is 4.39 Å². The van der Waals surface area contributed by atoms with Gasteiger partial charge in [-0.2, -0.15) is 5.10 Å². The molecule has 0 saturated heterocycles. The summed E-state index contributed by atoms with van der Waals surface area (Å²) in [5, 5.41) is 4.36. The van der Waals surface area contributed by atoms with E-state index in [1.807, 2.05) is 14.0 Å². The Morgan fingerprint density at radius 2 is 2.14 bits per heavy atom. The number of rotatable bonds is 3. The Bertz CT molecular complexity index is 824. The number of imidazole rings is 1. The molecule has 0 aliphatic carbocycles. The van der Waals surface area contributed by atoms with E-state index in [2.05, 4.69) is 26.0 Å². The topological polar surface area (TPSA) is 35.6 Å². The van der Waals surface area contributed by atoms with Gasteiger partial charge in [-0.1, -0.05) is 15.9 Å². The molecular formula is C14H13BrClFN4. The minimum atomic E-state index is -0.313. The second kappa shape index (κ2) is 5.42. The number of fused-ring (bicyclic) bond motifs is 1. The lowest BCUT2D eigenvalue weighted by atomic mass is 10.3. The summed E-state index contributed by atoms with van der Waals surface area (Å²) in [6.45, 7) is 1.89. The van der Waals surface area contributed by atoms with Crippen molar-refractivity contribution in [3.63, 3.8) is 0 Å². The molecule has 110 valence electrons. The van der Waals surface area contributed by atoms with Gasteiger partial charge < -0.3 is 0 Å². The molecule has 0 amide bonds. The maximum Gasteiger partial charge on any atom is 0.163 e. The van der Waals surface area contributed by atoms with Gasteiger partial charge in [0.25, 0.3) is 0 Å². The zero-order chi connectivity index (χ0) is 15.1. The van der Waals surface area contributed by atoms with Gasteiger partial charge in [-0.25, -0.2) is 14.1 Å². The average Bonchev–Trinajstić information content (AvgIpc) is 2.93. The van der Waals surface area contributed by atoms with Gasteiger partial charge in [0.2, 0.25) is 0 Å². The monoisotopic (exact) mass is 370 g/mol. The standard InChI is InChI=1S/C14H13BrClFN4/c1-8-13-14(20(2)19-8)21(12(18-13)5-6-16)11-7-9(15)3-4-10(11)17/h3-4,7H,5-6H2,1-2H3. The van der Waals surface area contributed by atoms with Gasteiger partial charge in [0.15, 0.2) is 5.65 Å². The molecule has 7 heteroatoms. The van der Waals surface area contributed by atoms with Gasteiger partial charge in [-0.3, -0.25) is 4.57 Å². The maximum absolute atomic E-state index is 14.3. The van der Waals surface area contributed by atoms with E-state index in [1.165, 1.54) is 6.07 Å². The predicted octanol–water partition coefficient (Wildman–Crippen LogP) is 3.75. The highest BCUT2D eigenvalue weighted by Gasteiger charge is 2.20. The molecule has 0 spiro atoms. The fourth-order valence-corrected chi connectivity index (χ4v) is 3.00. The number of halogens is 3. The summed E-state index contributed by atoms with van der Waals surface area (Å²) in [5.41, 5.74) is 2.80. The molecule has 0 bridgehead atoms. The molecule has 0 aliphatic heterocycles. The Morgan fingerprint density at radius 3 is 2.86 bits per heavy atom.